The van der Waals surface area contributed by atoms with Gasteiger partial charge in [0, 0.05) is 44.4 Å². The summed E-state index contributed by atoms with van der Waals surface area (Å²) in [4.78, 5) is 2.46. The van der Waals surface area contributed by atoms with E-state index in [0.29, 0.717) is 0 Å². The van der Waals surface area contributed by atoms with Crippen molar-refractivity contribution < 1.29 is 0 Å². The molecule has 10 aromatic rings. The predicted octanol–water partition coefficient (Wildman–Crippen LogP) is 17.0. The summed E-state index contributed by atoms with van der Waals surface area (Å²) in [5.74, 6) is 1.63. The molecular weight excluding hydrogens is 797 g/mol. The lowest BCUT2D eigenvalue weighted by Gasteiger charge is -2.36. The van der Waals surface area contributed by atoms with Crippen LogP contribution in [0.2, 0.25) is 0 Å². The molecule has 2 fully saturated rings. The second-order valence-corrected chi connectivity index (χ2v) is 20.1. The van der Waals surface area contributed by atoms with E-state index in [4.69, 9.17) is 0 Å². The van der Waals surface area contributed by atoms with Crippen LogP contribution in [0, 0.1) is 11.8 Å². The third-order valence-electron chi connectivity index (χ3n) is 16.5. The molecular formula is C64H50N2. The molecule has 0 aliphatic heterocycles. The summed E-state index contributed by atoms with van der Waals surface area (Å²) in [5.41, 5.74) is 23.7. The van der Waals surface area contributed by atoms with Crippen molar-refractivity contribution >= 4 is 38.9 Å². The van der Waals surface area contributed by atoms with Gasteiger partial charge in [0.1, 0.15) is 0 Å². The maximum atomic E-state index is 2.46. The van der Waals surface area contributed by atoms with Gasteiger partial charge in [-0.05, 0) is 159 Å². The Bertz CT molecular complexity index is 3570. The molecule has 1 aromatic heterocycles. The van der Waals surface area contributed by atoms with E-state index in [1.54, 1.807) is 11.1 Å². The van der Waals surface area contributed by atoms with E-state index < -0.39 is 0 Å². The maximum Gasteiger partial charge on any atom is 0.0542 e. The Kier molecular flexibility index (Phi) is 8.06. The van der Waals surface area contributed by atoms with Crippen LogP contribution in [0.4, 0.5) is 17.1 Å². The van der Waals surface area contributed by atoms with Gasteiger partial charge in [0.05, 0.1) is 11.0 Å². The van der Waals surface area contributed by atoms with Crippen LogP contribution in [0.1, 0.15) is 61.8 Å². The highest BCUT2D eigenvalue weighted by Gasteiger charge is 2.57. The molecule has 2 saturated carbocycles. The molecule has 4 aliphatic rings. The quantitative estimate of drug-likeness (QED) is 0.162. The smallest absolute Gasteiger partial charge is 0.0542 e. The number of hydrogen-bond acceptors (Lipinski definition) is 1. The fraction of sp³-hybridized carbons (Fsp3) is 0.156. The van der Waals surface area contributed by atoms with Gasteiger partial charge in [0.15, 0.2) is 0 Å². The average molecular weight is 847 g/mol. The molecule has 14 rings (SSSR count). The molecule has 2 heteroatoms. The van der Waals surface area contributed by atoms with Crippen LogP contribution in [0.15, 0.2) is 206 Å². The number of rotatable bonds is 6. The molecule has 1 spiro atoms. The minimum absolute atomic E-state index is 0.114. The van der Waals surface area contributed by atoms with Crippen molar-refractivity contribution in [1.29, 1.82) is 0 Å². The van der Waals surface area contributed by atoms with Crippen LogP contribution >= 0.6 is 0 Å². The van der Waals surface area contributed by atoms with E-state index in [0.717, 1.165) is 28.9 Å². The van der Waals surface area contributed by atoms with Crippen molar-refractivity contribution in [3.8, 4) is 50.2 Å². The average Bonchev–Trinajstić information content (AvgIpc) is 4.18. The van der Waals surface area contributed by atoms with E-state index in [9.17, 15) is 0 Å². The normalized spacial score (nSPS) is 19.3. The van der Waals surface area contributed by atoms with Crippen LogP contribution in [-0.4, -0.2) is 4.57 Å². The van der Waals surface area contributed by atoms with Gasteiger partial charge in [-0.3, -0.25) is 0 Å². The minimum Gasteiger partial charge on any atom is -0.310 e. The van der Waals surface area contributed by atoms with E-state index in [1.807, 2.05) is 0 Å². The van der Waals surface area contributed by atoms with Crippen molar-refractivity contribution in [1.82, 2.24) is 4.57 Å². The van der Waals surface area contributed by atoms with Crippen molar-refractivity contribution in [2.45, 2.75) is 50.4 Å². The van der Waals surface area contributed by atoms with Crippen molar-refractivity contribution in [2.75, 3.05) is 4.90 Å². The summed E-state index contributed by atoms with van der Waals surface area (Å²) >= 11 is 0. The van der Waals surface area contributed by atoms with Gasteiger partial charge >= 0.3 is 0 Å². The highest BCUT2D eigenvalue weighted by Crippen LogP contribution is 2.66. The fourth-order valence-corrected chi connectivity index (χ4v) is 13.6. The second-order valence-electron chi connectivity index (χ2n) is 20.1. The molecule has 0 saturated heterocycles. The zero-order valence-electron chi connectivity index (χ0n) is 37.5. The zero-order valence-corrected chi connectivity index (χ0v) is 37.5. The van der Waals surface area contributed by atoms with Crippen molar-refractivity contribution in [2.24, 2.45) is 11.8 Å². The summed E-state index contributed by atoms with van der Waals surface area (Å²) in [5, 5.41) is 2.48. The van der Waals surface area contributed by atoms with Crippen LogP contribution in [-0.2, 0) is 10.8 Å². The lowest BCUT2D eigenvalue weighted by molar-refractivity contribution is 0.327. The number of para-hydroxylation sites is 2. The summed E-state index contributed by atoms with van der Waals surface area (Å²) < 4.78 is 2.40. The van der Waals surface area contributed by atoms with Gasteiger partial charge in [0.25, 0.3) is 0 Å². The van der Waals surface area contributed by atoms with Gasteiger partial charge in [-0.1, -0.05) is 166 Å². The van der Waals surface area contributed by atoms with Gasteiger partial charge in [0.2, 0.25) is 0 Å². The molecule has 0 N–H and O–H groups in total. The third-order valence-corrected chi connectivity index (χ3v) is 16.5. The Morgan fingerprint density at radius 1 is 0.439 bits per heavy atom. The maximum absolute atomic E-state index is 2.46. The second kappa shape index (κ2) is 14.0. The summed E-state index contributed by atoms with van der Waals surface area (Å²) in [6.45, 7) is 4.74. The molecule has 3 unspecified atom stereocenters. The topological polar surface area (TPSA) is 8.17 Å². The number of benzene rings is 9. The zero-order chi connectivity index (χ0) is 43.7. The SMILES string of the molecule is CC1(C)c2ccccc2-c2ccc(N(c3ccc(-c4ccc(-c5cccc6c5-c5ccccc5C65CC6CCC5C6)cc4)cc3)c3ccc4c(c3)c3ccccc3n4-c3ccccc3)cc21. The monoisotopic (exact) mass is 846 g/mol. The largest absolute Gasteiger partial charge is 0.310 e. The Morgan fingerprint density at radius 3 is 1.83 bits per heavy atom. The standard InChI is InChI=1S/C64H50N2/c1-63(2)56-19-9-6-15-51(56)52-35-33-49(39-59(52)63)65(48-34-36-61-55(38-48)53-16-8-11-22-60(53)66(61)46-13-4-3-5-14-46)47-31-28-43(29-32-47)42-24-26-44(27-25-42)50-18-12-21-58-62(50)54-17-7-10-20-57(54)64(58)40-41-23-30-45(64)37-41/h3-22,24-29,31-36,38-39,41,45H,23,30,37,40H2,1-2H3. The highest BCUT2D eigenvalue weighted by atomic mass is 15.1. The number of hydrogen-bond donors (Lipinski definition) is 0. The first-order valence-corrected chi connectivity index (χ1v) is 24.0. The molecule has 2 nitrogen and oxygen atoms in total. The van der Waals surface area contributed by atoms with Crippen LogP contribution < -0.4 is 4.90 Å². The summed E-state index contributed by atoms with van der Waals surface area (Å²) in [7, 11) is 0. The van der Waals surface area contributed by atoms with E-state index in [-0.39, 0.29) is 10.8 Å². The Labute approximate surface area is 387 Å². The van der Waals surface area contributed by atoms with Gasteiger partial charge in [-0.25, -0.2) is 0 Å². The van der Waals surface area contributed by atoms with Gasteiger partial charge in [-0.2, -0.15) is 0 Å². The first kappa shape index (κ1) is 37.9. The lowest BCUT2D eigenvalue weighted by Crippen LogP contribution is -2.31. The van der Waals surface area contributed by atoms with E-state index >= 15 is 0 Å². The Hall–Kier alpha value is -7.42. The molecule has 0 amide bonds. The molecule has 66 heavy (non-hydrogen) atoms. The van der Waals surface area contributed by atoms with Crippen molar-refractivity contribution in [3.63, 3.8) is 0 Å². The number of aromatic nitrogens is 1. The number of nitrogens with zero attached hydrogens (tertiary/aromatic N) is 2. The summed E-state index contributed by atoms with van der Waals surface area (Å²) in [6.07, 6.45) is 5.47. The predicted molar refractivity (Wildman–Crippen MR) is 276 cm³/mol. The van der Waals surface area contributed by atoms with Crippen LogP contribution in [0.25, 0.3) is 72.0 Å². The van der Waals surface area contributed by atoms with E-state index in [1.165, 1.54) is 109 Å². The third kappa shape index (κ3) is 5.30. The molecule has 1 heterocycles. The van der Waals surface area contributed by atoms with E-state index in [2.05, 4.69) is 230 Å². The molecule has 2 bridgehead atoms. The first-order chi connectivity index (χ1) is 32.5. The van der Waals surface area contributed by atoms with Gasteiger partial charge in [-0.15, -0.1) is 0 Å². The molecule has 3 atom stereocenters. The fourth-order valence-electron chi connectivity index (χ4n) is 13.6. The van der Waals surface area contributed by atoms with Crippen molar-refractivity contribution in [3.05, 3.63) is 229 Å². The Balaban J connectivity index is 0.860. The molecule has 9 aromatic carbocycles. The first-order valence-electron chi connectivity index (χ1n) is 24.0. The number of fused-ring (bicyclic) bond motifs is 14. The van der Waals surface area contributed by atoms with Crippen LogP contribution in [0.5, 0.6) is 0 Å². The lowest BCUT2D eigenvalue weighted by atomic mass is 9.66. The van der Waals surface area contributed by atoms with Gasteiger partial charge < -0.3 is 9.47 Å². The Morgan fingerprint density at radius 2 is 1.05 bits per heavy atom. The number of anilines is 3. The molecule has 316 valence electrons. The summed E-state index contributed by atoms with van der Waals surface area (Å²) in [6, 6.07) is 77.7. The highest BCUT2D eigenvalue weighted by molar-refractivity contribution is 6.11. The minimum atomic E-state index is -0.114. The molecule has 4 aliphatic carbocycles. The molecule has 0 radical (unpaired) electrons. The van der Waals surface area contributed by atoms with Crippen LogP contribution in [0.3, 0.4) is 0 Å².